The number of nitrogens with one attached hydrogen (secondary N) is 2. The number of ether oxygens (including phenoxy) is 1. The molecule has 0 bridgehead atoms. The Morgan fingerprint density at radius 2 is 1.78 bits per heavy atom. The third kappa shape index (κ3) is 5.81. The fourth-order valence-electron chi connectivity index (χ4n) is 4.04. The number of halogens is 2. The second kappa shape index (κ2) is 11.2. The average Bonchev–Trinajstić information content (AvgIpc) is 2.69. The van der Waals surface area contributed by atoms with Gasteiger partial charge < -0.3 is 15.4 Å². The van der Waals surface area contributed by atoms with Gasteiger partial charge in [-0.05, 0) is 51.3 Å². The van der Waals surface area contributed by atoms with E-state index >= 15 is 0 Å². The predicted molar refractivity (Wildman–Crippen MR) is 114 cm³/mol. The molecule has 0 spiro atoms. The minimum absolute atomic E-state index is 0. The van der Waals surface area contributed by atoms with E-state index < -0.39 is 5.60 Å². The Balaban J connectivity index is 0.00000182. The Bertz CT molecular complexity index is 560. The van der Waals surface area contributed by atoms with Crippen molar-refractivity contribution < 1.29 is 9.53 Å². The maximum absolute atomic E-state index is 12.8. The zero-order valence-corrected chi connectivity index (χ0v) is 17.9. The number of benzene rings is 1. The first kappa shape index (κ1) is 24.2. The minimum Gasteiger partial charge on any atom is -0.368 e. The molecule has 2 aliphatic rings. The monoisotopic (exact) mass is 417 g/mol. The summed E-state index contributed by atoms with van der Waals surface area (Å²) in [5, 5.41) is 6.56. The lowest BCUT2D eigenvalue weighted by atomic mass is 9.90. The van der Waals surface area contributed by atoms with Gasteiger partial charge in [0.1, 0.15) is 5.60 Å². The van der Waals surface area contributed by atoms with Gasteiger partial charge in [0, 0.05) is 32.3 Å². The van der Waals surface area contributed by atoms with E-state index in [1.807, 2.05) is 0 Å². The summed E-state index contributed by atoms with van der Waals surface area (Å²) >= 11 is 0. The van der Waals surface area contributed by atoms with Crippen LogP contribution in [-0.2, 0) is 9.53 Å². The molecule has 2 saturated heterocycles. The van der Waals surface area contributed by atoms with Crippen LogP contribution in [-0.4, -0.2) is 55.7 Å². The van der Waals surface area contributed by atoms with Crippen molar-refractivity contribution in [2.24, 2.45) is 0 Å². The Kier molecular flexibility index (Phi) is 10.1. The summed E-state index contributed by atoms with van der Waals surface area (Å²) in [5.74, 6) is 0.0751. The first-order valence-electron chi connectivity index (χ1n) is 9.50. The van der Waals surface area contributed by atoms with Crippen LogP contribution in [0.3, 0.4) is 0 Å². The molecule has 2 heterocycles. The highest BCUT2D eigenvalue weighted by Crippen LogP contribution is 2.26. The average molecular weight is 418 g/mol. The first-order chi connectivity index (χ1) is 12.1. The van der Waals surface area contributed by atoms with Gasteiger partial charge in [0.05, 0.1) is 0 Å². The van der Waals surface area contributed by atoms with Crippen LogP contribution in [0.4, 0.5) is 0 Å². The van der Waals surface area contributed by atoms with Crippen LogP contribution < -0.4 is 10.6 Å². The lowest BCUT2D eigenvalue weighted by molar-refractivity contribution is -0.147. The van der Waals surface area contributed by atoms with E-state index in [4.69, 9.17) is 4.74 Å². The van der Waals surface area contributed by atoms with Crippen LogP contribution in [0, 0.1) is 0 Å². The molecule has 27 heavy (non-hydrogen) atoms. The number of piperidine rings is 2. The molecule has 2 N–H and O–H groups in total. The largest absolute Gasteiger partial charge is 0.368 e. The fraction of sp³-hybridized carbons (Fsp3) is 0.650. The zero-order chi connectivity index (χ0) is 17.7. The summed E-state index contributed by atoms with van der Waals surface area (Å²) in [5.41, 5.74) is 0.720. The lowest BCUT2D eigenvalue weighted by Gasteiger charge is -2.39. The second-order valence-corrected chi connectivity index (χ2v) is 7.32. The number of rotatable bonds is 5. The SMILES string of the molecule is COC1(C(=O)NC2CCN(C(C)c3ccccc3)CC2)CCNCC1.Cl.Cl. The molecule has 1 amide bonds. The van der Waals surface area contributed by atoms with Crippen molar-refractivity contribution in [2.45, 2.75) is 50.3 Å². The predicted octanol–water partition coefficient (Wildman–Crippen LogP) is 2.94. The van der Waals surface area contributed by atoms with Crippen LogP contribution in [0.1, 0.15) is 44.2 Å². The smallest absolute Gasteiger partial charge is 0.252 e. The van der Waals surface area contributed by atoms with Gasteiger partial charge in [-0.15, -0.1) is 24.8 Å². The van der Waals surface area contributed by atoms with Gasteiger partial charge >= 0.3 is 0 Å². The molecular formula is C20H33Cl2N3O2. The van der Waals surface area contributed by atoms with Crippen molar-refractivity contribution in [3.8, 4) is 0 Å². The van der Waals surface area contributed by atoms with E-state index in [2.05, 4.69) is 52.8 Å². The first-order valence-corrected chi connectivity index (χ1v) is 9.50. The van der Waals surface area contributed by atoms with Gasteiger partial charge in [0.15, 0.2) is 0 Å². The molecule has 1 atom stereocenters. The van der Waals surface area contributed by atoms with Crippen LogP contribution in [0.5, 0.6) is 0 Å². The molecule has 0 aromatic heterocycles. The number of hydrogen-bond acceptors (Lipinski definition) is 4. The van der Waals surface area contributed by atoms with Crippen LogP contribution in [0.2, 0.25) is 0 Å². The normalized spacial score (nSPS) is 21.4. The topological polar surface area (TPSA) is 53.6 Å². The maximum Gasteiger partial charge on any atom is 0.252 e. The Morgan fingerprint density at radius 3 is 2.33 bits per heavy atom. The molecule has 1 aromatic rings. The van der Waals surface area contributed by atoms with Crippen molar-refractivity contribution in [1.82, 2.24) is 15.5 Å². The third-order valence-corrected chi connectivity index (χ3v) is 5.91. The number of likely N-dealkylation sites (tertiary alicyclic amines) is 1. The number of methoxy groups -OCH3 is 1. The summed E-state index contributed by atoms with van der Waals surface area (Å²) in [6.07, 6.45) is 3.50. The molecule has 5 nitrogen and oxygen atoms in total. The molecule has 0 saturated carbocycles. The summed E-state index contributed by atoms with van der Waals surface area (Å²) in [6, 6.07) is 11.3. The maximum atomic E-state index is 12.8. The third-order valence-electron chi connectivity index (χ3n) is 5.91. The molecule has 1 unspecified atom stereocenters. The van der Waals surface area contributed by atoms with E-state index in [0.717, 1.165) is 51.9 Å². The molecule has 2 aliphatic heterocycles. The van der Waals surface area contributed by atoms with Gasteiger partial charge in [-0.3, -0.25) is 9.69 Å². The van der Waals surface area contributed by atoms with Gasteiger partial charge in [0.25, 0.3) is 5.91 Å². The number of hydrogen-bond donors (Lipinski definition) is 2. The standard InChI is InChI=1S/C20H31N3O2.2ClH/c1-16(17-6-4-3-5-7-17)23-14-8-18(9-15-23)22-19(24)20(25-2)10-12-21-13-11-20;;/h3-7,16,18,21H,8-15H2,1-2H3,(H,22,24);2*1H. The van der Waals surface area contributed by atoms with Crippen molar-refractivity contribution in [1.29, 1.82) is 0 Å². The number of carbonyl (C=O) groups excluding carboxylic acids is 1. The van der Waals surface area contributed by atoms with Gasteiger partial charge in [0.2, 0.25) is 0 Å². The highest BCUT2D eigenvalue weighted by Gasteiger charge is 2.40. The van der Waals surface area contributed by atoms with Crippen LogP contribution >= 0.6 is 24.8 Å². The molecule has 2 fully saturated rings. The molecule has 0 radical (unpaired) electrons. The van der Waals surface area contributed by atoms with E-state index in [-0.39, 0.29) is 36.8 Å². The summed E-state index contributed by atoms with van der Waals surface area (Å²) in [6.45, 7) is 5.98. The molecule has 7 heteroatoms. The summed E-state index contributed by atoms with van der Waals surface area (Å²) in [4.78, 5) is 15.3. The molecular weight excluding hydrogens is 385 g/mol. The van der Waals surface area contributed by atoms with Gasteiger partial charge in [-0.2, -0.15) is 0 Å². The number of nitrogens with zero attached hydrogens (tertiary/aromatic N) is 1. The highest BCUT2D eigenvalue weighted by molar-refractivity contribution is 5.86. The van der Waals surface area contributed by atoms with Crippen LogP contribution in [0.25, 0.3) is 0 Å². The summed E-state index contributed by atoms with van der Waals surface area (Å²) < 4.78 is 5.64. The number of amides is 1. The van der Waals surface area contributed by atoms with E-state index in [1.165, 1.54) is 5.56 Å². The second-order valence-electron chi connectivity index (χ2n) is 7.32. The van der Waals surface area contributed by atoms with Crippen molar-refractivity contribution in [3.63, 3.8) is 0 Å². The molecule has 154 valence electrons. The lowest BCUT2D eigenvalue weighted by Crippen LogP contribution is -2.57. The Labute approximate surface area is 175 Å². The molecule has 0 aliphatic carbocycles. The van der Waals surface area contributed by atoms with Crippen molar-refractivity contribution in [2.75, 3.05) is 33.3 Å². The van der Waals surface area contributed by atoms with E-state index in [0.29, 0.717) is 6.04 Å². The van der Waals surface area contributed by atoms with E-state index in [9.17, 15) is 4.79 Å². The number of carbonyl (C=O) groups is 1. The highest BCUT2D eigenvalue weighted by atomic mass is 35.5. The van der Waals surface area contributed by atoms with E-state index in [1.54, 1.807) is 7.11 Å². The van der Waals surface area contributed by atoms with Gasteiger partial charge in [-0.25, -0.2) is 0 Å². The van der Waals surface area contributed by atoms with Gasteiger partial charge in [-0.1, -0.05) is 30.3 Å². The quantitative estimate of drug-likeness (QED) is 0.772. The minimum atomic E-state index is -0.639. The Morgan fingerprint density at radius 1 is 1.19 bits per heavy atom. The zero-order valence-electron chi connectivity index (χ0n) is 16.3. The van der Waals surface area contributed by atoms with Crippen LogP contribution in [0.15, 0.2) is 30.3 Å². The van der Waals surface area contributed by atoms with Crippen molar-refractivity contribution in [3.05, 3.63) is 35.9 Å². The molecule has 1 aromatic carbocycles. The van der Waals surface area contributed by atoms with Crippen molar-refractivity contribution >= 4 is 30.7 Å². The molecule has 3 rings (SSSR count). The summed E-state index contributed by atoms with van der Waals surface area (Å²) in [7, 11) is 1.66. The fourth-order valence-corrected chi connectivity index (χ4v) is 4.04. The Hall–Kier alpha value is -0.850.